The second-order valence-electron chi connectivity index (χ2n) is 6.84. The van der Waals surface area contributed by atoms with Crippen molar-refractivity contribution in [2.24, 2.45) is 5.92 Å². The number of aromatic amines is 1. The Morgan fingerprint density at radius 1 is 1.55 bits per heavy atom. The van der Waals surface area contributed by atoms with Crippen molar-refractivity contribution in [1.29, 1.82) is 0 Å². The summed E-state index contributed by atoms with van der Waals surface area (Å²) >= 11 is 0. The molecular weight excluding hydrogens is 253 g/mol. The molecular formula is C14H20BN3O2. The number of hydrogen-bond donors (Lipinski definition) is 1. The third-order valence-corrected chi connectivity index (χ3v) is 4.18. The Balaban J connectivity index is 1.90. The lowest BCUT2D eigenvalue weighted by molar-refractivity contribution is 0.0166. The Kier molecular flexibility index (Phi) is 2.72. The van der Waals surface area contributed by atoms with Gasteiger partial charge in [-0.15, -0.1) is 0 Å². The molecule has 2 fully saturated rings. The topological polar surface area (TPSA) is 58.2 Å². The molecule has 6 heteroatoms. The number of piperidine rings is 1. The molecule has 0 aromatic carbocycles. The average molecular weight is 273 g/mol. The van der Waals surface area contributed by atoms with E-state index in [4.69, 9.17) is 12.6 Å². The zero-order valence-electron chi connectivity index (χ0n) is 12.5. The van der Waals surface area contributed by atoms with E-state index in [2.05, 4.69) is 9.97 Å². The largest absolute Gasteiger partial charge is 0.444 e. The molecule has 0 spiro atoms. The second kappa shape index (κ2) is 4.02. The van der Waals surface area contributed by atoms with Crippen LogP contribution in [0.5, 0.6) is 0 Å². The fourth-order valence-electron chi connectivity index (χ4n) is 3.37. The number of aromatic nitrogens is 2. The molecule has 2 heterocycles. The summed E-state index contributed by atoms with van der Waals surface area (Å²) in [5.41, 5.74) is 1.49. The normalized spacial score (nSPS) is 28.4. The van der Waals surface area contributed by atoms with Crippen LogP contribution in [0.2, 0.25) is 0 Å². The summed E-state index contributed by atoms with van der Waals surface area (Å²) in [6, 6.07) is 0. The third-order valence-electron chi connectivity index (χ3n) is 4.18. The number of nitrogens with zero attached hydrogens (tertiary/aromatic N) is 2. The van der Waals surface area contributed by atoms with Crippen LogP contribution in [0.15, 0.2) is 0 Å². The summed E-state index contributed by atoms with van der Waals surface area (Å²) in [6.45, 7) is 8.33. The van der Waals surface area contributed by atoms with E-state index in [0.29, 0.717) is 11.6 Å². The first kappa shape index (κ1) is 13.5. The molecule has 106 valence electrons. The van der Waals surface area contributed by atoms with Crippen LogP contribution in [0.25, 0.3) is 0 Å². The van der Waals surface area contributed by atoms with Gasteiger partial charge in [-0.25, -0.2) is 9.78 Å². The molecule has 20 heavy (non-hydrogen) atoms. The van der Waals surface area contributed by atoms with Crippen LogP contribution >= 0.6 is 0 Å². The van der Waals surface area contributed by atoms with Crippen molar-refractivity contribution in [1.82, 2.24) is 14.9 Å². The van der Waals surface area contributed by atoms with Crippen molar-refractivity contribution in [3.05, 3.63) is 11.4 Å². The Labute approximate surface area is 120 Å². The van der Waals surface area contributed by atoms with Gasteiger partial charge in [-0.05, 0) is 46.5 Å². The van der Waals surface area contributed by atoms with Crippen molar-refractivity contribution < 1.29 is 9.53 Å². The Morgan fingerprint density at radius 2 is 2.25 bits per heavy atom. The number of imidazole rings is 1. The number of fused-ring (bicyclic) bond motifs is 1. The summed E-state index contributed by atoms with van der Waals surface area (Å²) in [7, 11) is 5.75. The van der Waals surface area contributed by atoms with Gasteiger partial charge in [-0.1, -0.05) is 0 Å². The standard InChI is InChI=1S/C14H20BN3O2/c1-8-10(17-11(15)16-8)14-7-9(14)5-6-18(14)12(19)20-13(2,3)4/h9H,5-7H2,1-4H3,(H,16,17)/t9-,14+/m0/s1. The highest BCUT2D eigenvalue weighted by Gasteiger charge is 2.66. The number of ether oxygens (including phenoxy) is 1. The molecule has 1 aromatic heterocycles. The molecule has 1 aliphatic carbocycles. The van der Waals surface area contributed by atoms with Crippen molar-refractivity contribution in [2.45, 2.75) is 51.7 Å². The maximum Gasteiger partial charge on any atom is 0.411 e. The van der Waals surface area contributed by atoms with E-state index >= 15 is 0 Å². The summed E-state index contributed by atoms with van der Waals surface area (Å²) < 4.78 is 5.53. The zero-order chi connectivity index (χ0) is 14.7. The first-order valence-electron chi connectivity index (χ1n) is 7.07. The molecule has 0 bridgehead atoms. The number of rotatable bonds is 1. The number of carbonyl (C=O) groups is 1. The van der Waals surface area contributed by atoms with Gasteiger partial charge in [0.25, 0.3) is 0 Å². The minimum absolute atomic E-state index is 0.251. The van der Waals surface area contributed by atoms with E-state index in [9.17, 15) is 4.79 Å². The first-order chi connectivity index (χ1) is 9.24. The van der Waals surface area contributed by atoms with Crippen molar-refractivity contribution in [2.75, 3.05) is 6.54 Å². The molecule has 1 N–H and O–H groups in total. The van der Waals surface area contributed by atoms with Crippen molar-refractivity contribution >= 4 is 19.7 Å². The molecule has 0 unspecified atom stereocenters. The van der Waals surface area contributed by atoms with Crippen LogP contribution in [0.1, 0.15) is 45.0 Å². The highest BCUT2D eigenvalue weighted by atomic mass is 16.6. The predicted molar refractivity (Wildman–Crippen MR) is 76.1 cm³/mol. The van der Waals surface area contributed by atoms with Crippen molar-refractivity contribution in [3.8, 4) is 0 Å². The minimum atomic E-state index is -0.481. The van der Waals surface area contributed by atoms with E-state index in [1.807, 2.05) is 32.6 Å². The van der Waals surface area contributed by atoms with Gasteiger partial charge in [0, 0.05) is 18.0 Å². The fourth-order valence-corrected chi connectivity index (χ4v) is 3.37. The summed E-state index contributed by atoms with van der Waals surface area (Å²) in [6.07, 6.45) is 1.71. The van der Waals surface area contributed by atoms with Crippen LogP contribution in [0.3, 0.4) is 0 Å². The molecule has 1 saturated carbocycles. The molecule has 2 aliphatic rings. The van der Waals surface area contributed by atoms with Crippen LogP contribution in [-0.4, -0.2) is 41.0 Å². The average Bonchev–Trinajstić information content (AvgIpc) is 2.72. The Hall–Kier alpha value is -1.46. The maximum absolute atomic E-state index is 12.4. The Morgan fingerprint density at radius 3 is 2.75 bits per heavy atom. The number of carbonyl (C=O) groups excluding carboxylic acids is 1. The number of nitrogens with one attached hydrogen (secondary N) is 1. The van der Waals surface area contributed by atoms with Gasteiger partial charge in [-0.2, -0.15) is 0 Å². The van der Waals surface area contributed by atoms with Gasteiger partial charge >= 0.3 is 6.09 Å². The lowest BCUT2D eigenvalue weighted by Gasteiger charge is -2.30. The van der Waals surface area contributed by atoms with Crippen molar-refractivity contribution in [3.63, 3.8) is 0 Å². The minimum Gasteiger partial charge on any atom is -0.444 e. The fraction of sp³-hybridized carbons (Fsp3) is 0.714. The van der Waals surface area contributed by atoms with E-state index in [0.717, 1.165) is 30.8 Å². The Bertz CT molecular complexity index is 563. The highest BCUT2D eigenvalue weighted by Crippen LogP contribution is 2.62. The molecule has 2 radical (unpaired) electrons. The summed E-state index contributed by atoms with van der Waals surface area (Å²) in [4.78, 5) is 21.7. The first-order valence-corrected chi connectivity index (χ1v) is 7.07. The predicted octanol–water partition coefficient (Wildman–Crippen LogP) is 1.37. The van der Waals surface area contributed by atoms with Gasteiger partial charge < -0.3 is 9.72 Å². The molecule has 1 aromatic rings. The van der Waals surface area contributed by atoms with Crippen LogP contribution in [-0.2, 0) is 10.3 Å². The van der Waals surface area contributed by atoms with Gasteiger partial charge in [-0.3, -0.25) is 4.90 Å². The SMILES string of the molecule is [B]c1nc([C@@]23C[C@@H]2CCN3C(=O)OC(C)(C)C)c(C)[nH]1. The van der Waals surface area contributed by atoms with E-state index in [1.165, 1.54) is 0 Å². The molecule has 1 aliphatic heterocycles. The van der Waals surface area contributed by atoms with E-state index < -0.39 is 5.60 Å². The van der Waals surface area contributed by atoms with Crippen LogP contribution in [0.4, 0.5) is 4.79 Å². The van der Waals surface area contributed by atoms with Crippen LogP contribution < -0.4 is 5.72 Å². The third kappa shape index (κ3) is 1.93. The summed E-state index contributed by atoms with van der Waals surface area (Å²) in [5.74, 6) is 0.483. The number of H-pyrrole nitrogens is 1. The quantitative estimate of drug-likeness (QED) is 0.786. The van der Waals surface area contributed by atoms with E-state index in [-0.39, 0.29) is 11.6 Å². The number of likely N-dealkylation sites (tertiary alicyclic amines) is 1. The molecule has 5 nitrogen and oxygen atoms in total. The van der Waals surface area contributed by atoms with Gasteiger partial charge in [0.15, 0.2) is 7.85 Å². The smallest absolute Gasteiger partial charge is 0.411 e. The number of amides is 1. The molecule has 1 saturated heterocycles. The number of hydrogen-bond acceptors (Lipinski definition) is 3. The molecule has 3 rings (SSSR count). The zero-order valence-corrected chi connectivity index (χ0v) is 12.5. The monoisotopic (exact) mass is 273 g/mol. The molecule has 1 amide bonds. The van der Waals surface area contributed by atoms with Crippen LogP contribution in [0, 0.1) is 12.8 Å². The van der Waals surface area contributed by atoms with Gasteiger partial charge in [0.05, 0.1) is 11.2 Å². The van der Waals surface area contributed by atoms with Gasteiger partial charge in [0.2, 0.25) is 0 Å². The highest BCUT2D eigenvalue weighted by molar-refractivity contribution is 6.29. The second-order valence-corrected chi connectivity index (χ2v) is 6.84. The lowest BCUT2D eigenvalue weighted by atomic mass is 10.1. The summed E-state index contributed by atoms with van der Waals surface area (Å²) in [5, 5.41) is 0. The maximum atomic E-state index is 12.4. The van der Waals surface area contributed by atoms with Gasteiger partial charge in [0.1, 0.15) is 5.60 Å². The molecule has 2 atom stereocenters. The van der Waals surface area contributed by atoms with E-state index in [1.54, 1.807) is 0 Å². The lowest BCUT2D eigenvalue weighted by Crippen LogP contribution is -2.42. The number of aryl methyl sites for hydroxylation is 1.